The van der Waals surface area contributed by atoms with Crippen molar-refractivity contribution in [1.29, 1.82) is 0 Å². The van der Waals surface area contributed by atoms with E-state index < -0.39 is 6.03 Å². The average Bonchev–Trinajstić information content (AvgIpc) is 2.20. The predicted molar refractivity (Wildman–Crippen MR) is 52.5 cm³/mol. The van der Waals surface area contributed by atoms with Gasteiger partial charge in [-0.2, -0.15) is 0 Å². The number of hydrogen-bond donors (Lipinski definition) is 1. The van der Waals surface area contributed by atoms with Crippen molar-refractivity contribution >= 4 is 29.2 Å². The number of aromatic nitrogens is 2. The summed E-state index contributed by atoms with van der Waals surface area (Å²) in [5.74, 6) is -0.272. The lowest BCUT2D eigenvalue weighted by Gasteiger charge is -2.25. The van der Waals surface area contributed by atoms with Crippen molar-refractivity contribution in [3.8, 4) is 0 Å². The molecule has 1 aromatic heterocycles. The predicted octanol–water partition coefficient (Wildman–Crippen LogP) is 0.576. The Morgan fingerprint density at radius 1 is 1.33 bits per heavy atom. The average molecular weight is 227 g/mol. The Hall–Kier alpha value is -1.69. The molecule has 0 unspecified atom stereocenters. The van der Waals surface area contributed by atoms with E-state index in [1.807, 2.05) is 0 Å². The van der Waals surface area contributed by atoms with E-state index in [1.54, 1.807) is 0 Å². The molecule has 0 aromatic carbocycles. The molecule has 0 atom stereocenters. The second-order valence-electron chi connectivity index (χ2n) is 2.97. The summed E-state index contributed by atoms with van der Waals surface area (Å²) >= 11 is 5.51. The van der Waals surface area contributed by atoms with Crippen LogP contribution in [0.4, 0.5) is 10.5 Å². The Labute approximate surface area is 90.3 Å². The third-order valence-electron chi connectivity index (χ3n) is 1.97. The number of carbonyl (C=O) groups is 2. The number of amides is 3. The van der Waals surface area contributed by atoms with Crippen LogP contribution in [0.5, 0.6) is 0 Å². The zero-order valence-electron chi connectivity index (χ0n) is 7.61. The van der Waals surface area contributed by atoms with Crippen LogP contribution in [0, 0.1) is 0 Å². The topological polar surface area (TPSA) is 75.2 Å². The van der Waals surface area contributed by atoms with Gasteiger partial charge in [-0.25, -0.2) is 14.8 Å². The third-order valence-corrected chi connectivity index (χ3v) is 2.17. The summed E-state index contributed by atoms with van der Waals surface area (Å²) in [5, 5.41) is 2.32. The van der Waals surface area contributed by atoms with Gasteiger partial charge in [0.2, 0.25) is 11.2 Å². The van der Waals surface area contributed by atoms with E-state index in [0.29, 0.717) is 12.2 Å². The minimum atomic E-state index is -0.461. The molecule has 1 N–H and O–H groups in total. The molecular weight excluding hydrogens is 220 g/mol. The summed E-state index contributed by atoms with van der Waals surface area (Å²) in [6, 6.07) is -0.461. The van der Waals surface area contributed by atoms with Gasteiger partial charge in [0, 0.05) is 13.0 Å². The lowest BCUT2D eigenvalue weighted by Crippen LogP contribution is -2.49. The van der Waals surface area contributed by atoms with Crippen molar-refractivity contribution in [1.82, 2.24) is 15.3 Å². The highest BCUT2D eigenvalue weighted by Crippen LogP contribution is 2.15. The van der Waals surface area contributed by atoms with Crippen LogP contribution in [-0.4, -0.2) is 28.5 Å². The summed E-state index contributed by atoms with van der Waals surface area (Å²) in [4.78, 5) is 31.2. The van der Waals surface area contributed by atoms with Crippen LogP contribution in [0.15, 0.2) is 12.4 Å². The van der Waals surface area contributed by atoms with Gasteiger partial charge in [-0.3, -0.25) is 15.0 Å². The van der Waals surface area contributed by atoms with Gasteiger partial charge in [0.15, 0.2) is 0 Å². The zero-order chi connectivity index (χ0) is 10.8. The van der Waals surface area contributed by atoms with Crippen molar-refractivity contribution in [3.63, 3.8) is 0 Å². The fourth-order valence-electron chi connectivity index (χ4n) is 1.26. The zero-order valence-corrected chi connectivity index (χ0v) is 8.36. The van der Waals surface area contributed by atoms with Crippen LogP contribution >= 0.6 is 11.6 Å². The minimum Gasteiger partial charge on any atom is -0.291 e. The van der Waals surface area contributed by atoms with Gasteiger partial charge in [-0.1, -0.05) is 0 Å². The lowest BCUT2D eigenvalue weighted by atomic mass is 10.3. The number of halogens is 1. The molecule has 0 radical (unpaired) electrons. The Kier molecular flexibility index (Phi) is 2.51. The molecule has 78 valence electrons. The van der Waals surface area contributed by atoms with E-state index in [1.165, 1.54) is 17.3 Å². The molecule has 2 heterocycles. The Morgan fingerprint density at radius 3 is 2.60 bits per heavy atom. The fraction of sp³-hybridized carbons (Fsp3) is 0.250. The molecule has 2 rings (SSSR count). The smallest absolute Gasteiger partial charge is 0.291 e. The summed E-state index contributed by atoms with van der Waals surface area (Å²) in [5.41, 5.74) is 0.518. The van der Waals surface area contributed by atoms with Crippen LogP contribution in [0.2, 0.25) is 5.28 Å². The molecule has 1 aliphatic rings. The first kappa shape index (κ1) is 9.85. The van der Waals surface area contributed by atoms with E-state index in [-0.39, 0.29) is 17.6 Å². The monoisotopic (exact) mass is 226 g/mol. The van der Waals surface area contributed by atoms with Crippen molar-refractivity contribution in [2.24, 2.45) is 0 Å². The molecule has 1 saturated heterocycles. The van der Waals surface area contributed by atoms with Gasteiger partial charge in [0.05, 0.1) is 18.1 Å². The number of carbonyl (C=O) groups excluding carboxylic acids is 2. The summed E-state index contributed by atoms with van der Waals surface area (Å²) < 4.78 is 0. The molecule has 6 nitrogen and oxygen atoms in total. The van der Waals surface area contributed by atoms with Gasteiger partial charge in [-0.05, 0) is 11.6 Å². The summed E-state index contributed by atoms with van der Waals surface area (Å²) in [6.45, 7) is 0.329. The first-order chi connectivity index (χ1) is 7.16. The molecule has 15 heavy (non-hydrogen) atoms. The van der Waals surface area contributed by atoms with E-state index >= 15 is 0 Å². The quantitative estimate of drug-likeness (QED) is 0.711. The van der Waals surface area contributed by atoms with Crippen molar-refractivity contribution in [3.05, 3.63) is 17.7 Å². The first-order valence-electron chi connectivity index (χ1n) is 4.26. The number of imide groups is 1. The van der Waals surface area contributed by atoms with E-state index in [2.05, 4.69) is 15.3 Å². The molecule has 1 fully saturated rings. The van der Waals surface area contributed by atoms with E-state index in [9.17, 15) is 9.59 Å². The van der Waals surface area contributed by atoms with Crippen LogP contribution in [0.3, 0.4) is 0 Å². The third kappa shape index (κ3) is 2.04. The maximum Gasteiger partial charge on any atom is 0.328 e. The SMILES string of the molecule is O=C1CCN(c2cnc(Cl)nc2)C(=O)N1. The van der Waals surface area contributed by atoms with Gasteiger partial charge in [0.25, 0.3) is 0 Å². The van der Waals surface area contributed by atoms with Crippen LogP contribution < -0.4 is 10.2 Å². The fourth-order valence-corrected chi connectivity index (χ4v) is 1.35. The van der Waals surface area contributed by atoms with Gasteiger partial charge in [0.1, 0.15) is 0 Å². The summed E-state index contributed by atoms with van der Waals surface area (Å²) in [6.07, 6.45) is 3.14. The first-order valence-corrected chi connectivity index (χ1v) is 4.63. The van der Waals surface area contributed by atoms with Crippen LogP contribution in [-0.2, 0) is 4.79 Å². The molecule has 1 aromatic rings. The van der Waals surface area contributed by atoms with Gasteiger partial charge >= 0.3 is 6.03 Å². The van der Waals surface area contributed by atoms with Crippen molar-refractivity contribution in [2.75, 3.05) is 11.4 Å². The highest BCUT2D eigenvalue weighted by molar-refractivity contribution is 6.28. The lowest BCUT2D eigenvalue weighted by molar-refractivity contribution is -0.120. The highest BCUT2D eigenvalue weighted by Gasteiger charge is 2.24. The van der Waals surface area contributed by atoms with Crippen LogP contribution in [0.25, 0.3) is 0 Å². The Balaban J connectivity index is 2.20. The Bertz CT molecular complexity index is 406. The molecule has 0 aliphatic carbocycles. The molecular formula is C8H7ClN4O2. The highest BCUT2D eigenvalue weighted by atomic mass is 35.5. The molecule has 3 amide bonds. The van der Waals surface area contributed by atoms with Crippen LogP contribution in [0.1, 0.15) is 6.42 Å². The van der Waals surface area contributed by atoms with E-state index in [0.717, 1.165) is 0 Å². The maximum absolute atomic E-state index is 11.4. The summed E-state index contributed by atoms with van der Waals surface area (Å²) in [7, 11) is 0. The number of rotatable bonds is 1. The standard InChI is InChI=1S/C8H7ClN4O2/c9-7-10-3-5(4-11-7)13-2-1-6(14)12-8(13)15/h3-4H,1-2H2,(H,12,14,15). The normalized spacial score (nSPS) is 16.5. The minimum absolute atomic E-state index is 0.118. The number of hydrogen-bond acceptors (Lipinski definition) is 4. The maximum atomic E-state index is 11.4. The Morgan fingerprint density at radius 2 is 2.00 bits per heavy atom. The van der Waals surface area contributed by atoms with Gasteiger partial charge in [-0.15, -0.1) is 0 Å². The van der Waals surface area contributed by atoms with Gasteiger partial charge < -0.3 is 0 Å². The molecule has 7 heteroatoms. The molecule has 0 saturated carbocycles. The number of nitrogens with zero attached hydrogens (tertiary/aromatic N) is 3. The number of nitrogens with one attached hydrogen (secondary N) is 1. The second-order valence-corrected chi connectivity index (χ2v) is 3.30. The van der Waals surface area contributed by atoms with Crippen molar-refractivity contribution in [2.45, 2.75) is 6.42 Å². The number of urea groups is 1. The number of anilines is 1. The van der Waals surface area contributed by atoms with E-state index in [4.69, 9.17) is 11.6 Å². The molecule has 1 aliphatic heterocycles. The molecule has 0 spiro atoms. The second kappa shape index (κ2) is 3.82. The van der Waals surface area contributed by atoms with Crippen molar-refractivity contribution < 1.29 is 9.59 Å². The molecule has 0 bridgehead atoms. The largest absolute Gasteiger partial charge is 0.328 e.